The second kappa shape index (κ2) is 7.29. The van der Waals surface area contributed by atoms with Crippen molar-refractivity contribution in [2.75, 3.05) is 13.7 Å². The summed E-state index contributed by atoms with van der Waals surface area (Å²) < 4.78 is 7.29. The minimum Gasteiger partial charge on any atom is -0.481 e. The number of nitrogens with zero attached hydrogens (tertiary/aromatic N) is 2. The second-order valence-electron chi connectivity index (χ2n) is 5.90. The van der Waals surface area contributed by atoms with Gasteiger partial charge in [0.05, 0.1) is 18.0 Å². The van der Waals surface area contributed by atoms with Crippen molar-refractivity contribution in [1.82, 2.24) is 15.1 Å². The molecule has 0 spiro atoms. The lowest BCUT2D eigenvalue weighted by atomic mass is 10.1. The number of hydrogen-bond donors (Lipinski definition) is 1. The normalized spacial score (nSPS) is 11.1. The van der Waals surface area contributed by atoms with Gasteiger partial charge in [0.25, 0.3) is 5.91 Å². The Kier molecular flexibility index (Phi) is 5.41. The van der Waals surface area contributed by atoms with Gasteiger partial charge >= 0.3 is 0 Å². The van der Waals surface area contributed by atoms with Gasteiger partial charge in [-0.2, -0.15) is 5.10 Å². The van der Waals surface area contributed by atoms with E-state index in [4.69, 9.17) is 4.74 Å². The molecule has 0 atom stereocenters. The second-order valence-corrected chi connectivity index (χ2v) is 5.90. The fourth-order valence-electron chi connectivity index (χ4n) is 2.41. The van der Waals surface area contributed by atoms with Crippen molar-refractivity contribution >= 4 is 16.8 Å². The molecule has 5 nitrogen and oxygen atoms in total. The maximum Gasteiger partial charge on any atom is 0.251 e. The molecular formula is C17H25N3O2. The Morgan fingerprint density at radius 2 is 2.18 bits per heavy atom. The van der Waals surface area contributed by atoms with Gasteiger partial charge in [0.15, 0.2) is 0 Å². The SMILES string of the molecule is CCCn1nc2cc(C(=O)NCCC(C)C)ccc2c1OC. The number of nitrogens with one attached hydrogen (secondary N) is 1. The predicted octanol–water partition coefficient (Wildman–Crippen LogP) is 3.23. The van der Waals surface area contributed by atoms with Crippen LogP contribution < -0.4 is 10.1 Å². The molecule has 2 rings (SSSR count). The Morgan fingerprint density at radius 1 is 1.41 bits per heavy atom. The van der Waals surface area contributed by atoms with E-state index in [2.05, 4.69) is 31.2 Å². The van der Waals surface area contributed by atoms with Gasteiger partial charge in [-0.15, -0.1) is 0 Å². The molecule has 1 aromatic heterocycles. The number of methoxy groups -OCH3 is 1. The van der Waals surface area contributed by atoms with Crippen molar-refractivity contribution < 1.29 is 9.53 Å². The minimum absolute atomic E-state index is 0.0495. The first-order valence-electron chi connectivity index (χ1n) is 7.89. The first-order valence-corrected chi connectivity index (χ1v) is 7.89. The fourth-order valence-corrected chi connectivity index (χ4v) is 2.41. The van der Waals surface area contributed by atoms with Crippen LogP contribution in [0.4, 0.5) is 0 Å². The maximum atomic E-state index is 12.2. The van der Waals surface area contributed by atoms with Gasteiger partial charge in [-0.25, -0.2) is 4.68 Å². The number of aryl methyl sites for hydroxylation is 1. The van der Waals surface area contributed by atoms with Crippen LogP contribution in [0.5, 0.6) is 5.88 Å². The van der Waals surface area contributed by atoms with Crippen LogP contribution in [0.3, 0.4) is 0 Å². The molecule has 1 heterocycles. The number of carbonyl (C=O) groups excluding carboxylic acids is 1. The summed E-state index contributed by atoms with van der Waals surface area (Å²) in [4.78, 5) is 12.2. The molecule has 0 unspecified atom stereocenters. The third-order valence-electron chi connectivity index (χ3n) is 3.59. The highest BCUT2D eigenvalue weighted by Crippen LogP contribution is 2.26. The van der Waals surface area contributed by atoms with E-state index in [0.717, 1.165) is 36.2 Å². The summed E-state index contributed by atoms with van der Waals surface area (Å²) in [7, 11) is 1.65. The van der Waals surface area contributed by atoms with Crippen molar-refractivity contribution in [3.8, 4) is 5.88 Å². The summed E-state index contributed by atoms with van der Waals surface area (Å²) in [6, 6.07) is 5.56. The van der Waals surface area contributed by atoms with Crippen molar-refractivity contribution in [3.05, 3.63) is 23.8 Å². The highest BCUT2D eigenvalue weighted by Gasteiger charge is 2.14. The Labute approximate surface area is 131 Å². The molecule has 22 heavy (non-hydrogen) atoms. The van der Waals surface area contributed by atoms with E-state index in [1.165, 1.54) is 0 Å². The van der Waals surface area contributed by atoms with Gasteiger partial charge in [0.1, 0.15) is 0 Å². The summed E-state index contributed by atoms with van der Waals surface area (Å²) in [5, 5.41) is 8.43. The number of amides is 1. The minimum atomic E-state index is -0.0495. The summed E-state index contributed by atoms with van der Waals surface area (Å²) >= 11 is 0. The van der Waals surface area contributed by atoms with E-state index in [0.29, 0.717) is 18.0 Å². The smallest absolute Gasteiger partial charge is 0.251 e. The van der Waals surface area contributed by atoms with Gasteiger partial charge in [0, 0.05) is 18.7 Å². The summed E-state index contributed by atoms with van der Waals surface area (Å²) in [6.45, 7) is 7.88. The lowest BCUT2D eigenvalue weighted by Crippen LogP contribution is -2.25. The average molecular weight is 303 g/mol. The Morgan fingerprint density at radius 3 is 2.82 bits per heavy atom. The van der Waals surface area contributed by atoms with Gasteiger partial charge in [-0.1, -0.05) is 20.8 Å². The Hall–Kier alpha value is -2.04. The average Bonchev–Trinajstić information content (AvgIpc) is 2.83. The lowest BCUT2D eigenvalue weighted by molar-refractivity contribution is 0.0952. The number of fused-ring (bicyclic) bond motifs is 1. The van der Waals surface area contributed by atoms with E-state index in [-0.39, 0.29) is 5.91 Å². The number of benzene rings is 1. The van der Waals surface area contributed by atoms with Crippen LogP contribution in [0.2, 0.25) is 0 Å². The first kappa shape index (κ1) is 16.3. The molecule has 0 radical (unpaired) electrons. The van der Waals surface area contributed by atoms with Crippen molar-refractivity contribution in [2.24, 2.45) is 5.92 Å². The summed E-state index contributed by atoms with van der Waals surface area (Å²) in [5.41, 5.74) is 1.43. The number of carbonyl (C=O) groups is 1. The number of hydrogen-bond acceptors (Lipinski definition) is 3. The van der Waals surface area contributed by atoms with E-state index in [1.807, 2.05) is 22.9 Å². The Balaban J connectivity index is 2.21. The third-order valence-corrected chi connectivity index (χ3v) is 3.59. The van der Waals surface area contributed by atoms with Gasteiger partial charge in [-0.3, -0.25) is 4.79 Å². The van der Waals surface area contributed by atoms with Crippen LogP contribution in [-0.2, 0) is 6.54 Å². The molecule has 0 aliphatic heterocycles. The van der Waals surface area contributed by atoms with Crippen LogP contribution in [-0.4, -0.2) is 29.3 Å². The van der Waals surface area contributed by atoms with Crippen LogP contribution in [0.1, 0.15) is 44.0 Å². The molecule has 120 valence electrons. The Bertz CT molecular complexity index is 647. The molecular weight excluding hydrogens is 278 g/mol. The standard InChI is InChI=1S/C17H25N3O2/c1-5-10-20-17(22-4)14-7-6-13(11-15(14)19-20)16(21)18-9-8-12(2)3/h6-7,11-12H,5,8-10H2,1-4H3,(H,18,21). The fraction of sp³-hybridized carbons (Fsp3) is 0.529. The molecule has 1 aromatic carbocycles. The summed E-state index contributed by atoms with van der Waals surface area (Å²) in [5.74, 6) is 1.28. The predicted molar refractivity (Wildman–Crippen MR) is 88.4 cm³/mol. The number of rotatable bonds is 7. The first-order chi connectivity index (χ1) is 10.6. The highest BCUT2D eigenvalue weighted by atomic mass is 16.5. The highest BCUT2D eigenvalue weighted by molar-refractivity contribution is 5.98. The molecule has 0 saturated carbocycles. The number of aromatic nitrogens is 2. The van der Waals surface area contributed by atoms with Crippen molar-refractivity contribution in [3.63, 3.8) is 0 Å². The molecule has 0 aliphatic carbocycles. The molecule has 1 N–H and O–H groups in total. The lowest BCUT2D eigenvalue weighted by Gasteiger charge is -2.07. The third kappa shape index (κ3) is 3.59. The molecule has 0 fully saturated rings. The van der Waals surface area contributed by atoms with Gasteiger partial charge < -0.3 is 10.1 Å². The molecule has 0 saturated heterocycles. The molecule has 5 heteroatoms. The van der Waals surface area contributed by atoms with Gasteiger partial charge in [0.2, 0.25) is 5.88 Å². The van der Waals surface area contributed by atoms with E-state index in [1.54, 1.807) is 7.11 Å². The van der Waals surface area contributed by atoms with E-state index < -0.39 is 0 Å². The zero-order chi connectivity index (χ0) is 16.1. The summed E-state index contributed by atoms with van der Waals surface area (Å²) in [6.07, 6.45) is 1.96. The van der Waals surface area contributed by atoms with E-state index >= 15 is 0 Å². The quantitative estimate of drug-likeness (QED) is 0.854. The van der Waals surface area contributed by atoms with Gasteiger partial charge in [-0.05, 0) is 37.0 Å². The van der Waals surface area contributed by atoms with Crippen LogP contribution in [0.15, 0.2) is 18.2 Å². The largest absolute Gasteiger partial charge is 0.481 e. The van der Waals surface area contributed by atoms with Crippen molar-refractivity contribution in [1.29, 1.82) is 0 Å². The van der Waals surface area contributed by atoms with Crippen molar-refractivity contribution in [2.45, 2.75) is 40.2 Å². The number of ether oxygens (including phenoxy) is 1. The monoisotopic (exact) mass is 303 g/mol. The van der Waals surface area contributed by atoms with Crippen LogP contribution >= 0.6 is 0 Å². The zero-order valence-corrected chi connectivity index (χ0v) is 13.8. The van der Waals surface area contributed by atoms with E-state index in [9.17, 15) is 4.79 Å². The zero-order valence-electron chi connectivity index (χ0n) is 13.8. The molecule has 2 aromatic rings. The van der Waals surface area contributed by atoms with Crippen LogP contribution in [0, 0.1) is 5.92 Å². The molecule has 1 amide bonds. The maximum absolute atomic E-state index is 12.2. The molecule has 0 bridgehead atoms. The molecule has 0 aliphatic rings. The topological polar surface area (TPSA) is 56.2 Å². The van der Waals surface area contributed by atoms with Crippen LogP contribution in [0.25, 0.3) is 10.9 Å².